The molecule has 0 saturated carbocycles. The maximum Gasteiger partial charge on any atom is 0.309 e. The minimum atomic E-state index is -0.651. The van der Waals surface area contributed by atoms with E-state index in [1.54, 1.807) is 18.4 Å². The molecule has 17 heavy (non-hydrogen) atoms. The van der Waals surface area contributed by atoms with Crippen LogP contribution in [-0.2, 0) is 14.3 Å². The van der Waals surface area contributed by atoms with E-state index >= 15 is 0 Å². The van der Waals surface area contributed by atoms with Crippen molar-refractivity contribution < 1.29 is 14.3 Å². The molecule has 0 bridgehead atoms. The summed E-state index contributed by atoms with van der Waals surface area (Å²) in [4.78, 5) is 24.5. The van der Waals surface area contributed by atoms with Crippen LogP contribution in [0.15, 0.2) is 12.1 Å². The van der Waals surface area contributed by atoms with Gasteiger partial charge in [0.1, 0.15) is 6.10 Å². The average Bonchev–Trinajstić information content (AvgIpc) is 2.75. The monoisotopic (exact) mass is 256 g/mol. The lowest BCUT2D eigenvalue weighted by Crippen LogP contribution is -2.40. The third kappa shape index (κ3) is 3.83. The Hall–Kier alpha value is -1.40. The third-order valence-corrected chi connectivity index (χ3v) is 3.34. The van der Waals surface area contributed by atoms with E-state index < -0.39 is 11.8 Å². The highest BCUT2D eigenvalue weighted by atomic mass is 32.1. The molecule has 0 saturated heterocycles. The van der Waals surface area contributed by atoms with Crippen LogP contribution in [-0.4, -0.2) is 32.5 Å². The first-order chi connectivity index (χ1) is 8.08. The maximum atomic E-state index is 11.3. The number of methoxy groups -OCH3 is 1. The first-order valence-corrected chi connectivity index (χ1v) is 5.99. The summed E-state index contributed by atoms with van der Waals surface area (Å²) in [5.74, 6) is -1.30. The molecule has 0 aliphatic heterocycles. The van der Waals surface area contributed by atoms with Gasteiger partial charge in [-0.3, -0.25) is 9.59 Å². The Kier molecular flexibility index (Phi) is 5.11. The molecule has 0 unspecified atom stereocenters. The van der Waals surface area contributed by atoms with Crippen molar-refractivity contribution in [1.82, 2.24) is 10.6 Å². The third-order valence-electron chi connectivity index (χ3n) is 2.24. The van der Waals surface area contributed by atoms with Gasteiger partial charge in [-0.05, 0) is 19.1 Å². The van der Waals surface area contributed by atoms with Crippen molar-refractivity contribution in [2.24, 2.45) is 0 Å². The number of hydrogen-bond acceptors (Lipinski definition) is 4. The highest BCUT2D eigenvalue weighted by Gasteiger charge is 2.16. The lowest BCUT2D eigenvalue weighted by atomic mass is 10.3. The standard InChI is InChI=1S/C11H16N2O3S/c1-7-4-5-9(17-7)8(16-3)6-13-11(15)10(14)12-2/h4-5,8H,6H2,1-3H3,(H,12,14)(H,13,15)/t8-/m1/s1. The van der Waals surface area contributed by atoms with Gasteiger partial charge in [-0.1, -0.05) is 0 Å². The van der Waals surface area contributed by atoms with Crippen LogP contribution in [0.5, 0.6) is 0 Å². The summed E-state index contributed by atoms with van der Waals surface area (Å²) in [6.45, 7) is 2.28. The number of likely N-dealkylation sites (N-methyl/N-ethyl adjacent to an activating group) is 1. The Bertz CT molecular complexity index is 403. The summed E-state index contributed by atoms with van der Waals surface area (Å²) in [6.07, 6.45) is -0.220. The zero-order valence-electron chi connectivity index (χ0n) is 10.1. The summed E-state index contributed by atoms with van der Waals surface area (Å²) >= 11 is 1.61. The predicted molar refractivity (Wildman–Crippen MR) is 65.9 cm³/mol. The number of thiophene rings is 1. The number of carbonyl (C=O) groups excluding carboxylic acids is 2. The van der Waals surface area contributed by atoms with E-state index in [1.165, 1.54) is 11.9 Å². The van der Waals surface area contributed by atoms with Gasteiger partial charge in [-0.25, -0.2) is 0 Å². The van der Waals surface area contributed by atoms with Gasteiger partial charge in [0, 0.05) is 30.5 Å². The van der Waals surface area contributed by atoms with Gasteiger partial charge in [0.25, 0.3) is 0 Å². The molecule has 1 rings (SSSR count). The molecule has 1 atom stereocenters. The van der Waals surface area contributed by atoms with Gasteiger partial charge in [-0.2, -0.15) is 0 Å². The van der Waals surface area contributed by atoms with E-state index in [-0.39, 0.29) is 12.6 Å². The number of hydrogen-bond donors (Lipinski definition) is 2. The van der Waals surface area contributed by atoms with Crippen molar-refractivity contribution >= 4 is 23.2 Å². The van der Waals surface area contributed by atoms with Crippen molar-refractivity contribution in [1.29, 1.82) is 0 Å². The summed E-state index contributed by atoms with van der Waals surface area (Å²) in [7, 11) is 2.99. The van der Waals surface area contributed by atoms with Crippen LogP contribution in [0, 0.1) is 6.92 Å². The molecular weight excluding hydrogens is 240 g/mol. The fraction of sp³-hybridized carbons (Fsp3) is 0.455. The van der Waals surface area contributed by atoms with Gasteiger partial charge in [0.2, 0.25) is 0 Å². The highest BCUT2D eigenvalue weighted by molar-refractivity contribution is 7.12. The summed E-state index contributed by atoms with van der Waals surface area (Å²) in [6, 6.07) is 3.95. The Morgan fingerprint density at radius 2 is 2.12 bits per heavy atom. The van der Waals surface area contributed by atoms with Crippen LogP contribution in [0.4, 0.5) is 0 Å². The quantitative estimate of drug-likeness (QED) is 0.775. The minimum Gasteiger partial charge on any atom is -0.374 e. The molecule has 0 aliphatic carbocycles. The summed E-state index contributed by atoms with van der Waals surface area (Å²) < 4.78 is 5.28. The van der Waals surface area contributed by atoms with Crippen molar-refractivity contribution in [2.75, 3.05) is 20.7 Å². The molecule has 94 valence electrons. The van der Waals surface area contributed by atoms with Crippen LogP contribution >= 0.6 is 11.3 Å². The molecular formula is C11H16N2O3S. The molecule has 0 radical (unpaired) electrons. The Labute approximate surface area is 104 Å². The molecule has 1 heterocycles. The largest absolute Gasteiger partial charge is 0.374 e. The number of rotatable bonds is 4. The van der Waals surface area contributed by atoms with Crippen LogP contribution < -0.4 is 10.6 Å². The van der Waals surface area contributed by atoms with Crippen LogP contribution in [0.3, 0.4) is 0 Å². The number of ether oxygens (including phenoxy) is 1. The molecule has 0 aliphatic rings. The highest BCUT2D eigenvalue weighted by Crippen LogP contribution is 2.24. The lowest BCUT2D eigenvalue weighted by molar-refractivity contribution is -0.139. The van der Waals surface area contributed by atoms with Crippen LogP contribution in [0.25, 0.3) is 0 Å². The van der Waals surface area contributed by atoms with E-state index in [0.29, 0.717) is 0 Å². The van der Waals surface area contributed by atoms with E-state index in [4.69, 9.17) is 4.74 Å². The molecule has 0 fully saturated rings. The van der Waals surface area contributed by atoms with E-state index in [9.17, 15) is 9.59 Å². The Balaban J connectivity index is 2.54. The fourth-order valence-electron chi connectivity index (χ4n) is 1.31. The predicted octanol–water partition coefficient (Wildman–Crippen LogP) is 0.606. The normalized spacial score (nSPS) is 11.9. The van der Waals surface area contributed by atoms with Gasteiger partial charge < -0.3 is 15.4 Å². The Morgan fingerprint density at radius 1 is 1.41 bits per heavy atom. The maximum absolute atomic E-state index is 11.3. The van der Waals surface area contributed by atoms with E-state index in [2.05, 4.69) is 10.6 Å². The molecule has 0 aromatic carbocycles. The van der Waals surface area contributed by atoms with Gasteiger partial charge in [0.05, 0.1) is 0 Å². The summed E-state index contributed by atoms with van der Waals surface area (Å²) in [5.41, 5.74) is 0. The second-order valence-corrected chi connectivity index (χ2v) is 4.78. The minimum absolute atomic E-state index is 0.220. The number of carbonyl (C=O) groups is 2. The van der Waals surface area contributed by atoms with Crippen molar-refractivity contribution in [3.8, 4) is 0 Å². The SMILES string of the molecule is CNC(=O)C(=O)NC[C@@H](OC)c1ccc(C)s1. The van der Waals surface area contributed by atoms with Crippen LogP contribution in [0.2, 0.25) is 0 Å². The van der Waals surface area contributed by atoms with Gasteiger partial charge in [-0.15, -0.1) is 11.3 Å². The molecule has 0 spiro atoms. The molecule has 2 amide bonds. The zero-order valence-corrected chi connectivity index (χ0v) is 10.9. The lowest BCUT2D eigenvalue weighted by Gasteiger charge is -2.14. The fourth-order valence-corrected chi connectivity index (χ4v) is 2.26. The topological polar surface area (TPSA) is 67.4 Å². The van der Waals surface area contributed by atoms with Gasteiger partial charge >= 0.3 is 11.8 Å². The van der Waals surface area contributed by atoms with E-state index in [1.807, 2.05) is 19.1 Å². The molecule has 2 N–H and O–H groups in total. The van der Waals surface area contributed by atoms with Crippen molar-refractivity contribution in [3.63, 3.8) is 0 Å². The molecule has 1 aromatic heterocycles. The average molecular weight is 256 g/mol. The second-order valence-electron chi connectivity index (χ2n) is 3.46. The van der Waals surface area contributed by atoms with Gasteiger partial charge in [0.15, 0.2) is 0 Å². The summed E-state index contributed by atoms with van der Waals surface area (Å²) in [5, 5.41) is 4.78. The number of nitrogens with one attached hydrogen (secondary N) is 2. The number of amides is 2. The molecule has 5 nitrogen and oxygen atoms in total. The first-order valence-electron chi connectivity index (χ1n) is 5.17. The number of aryl methyl sites for hydroxylation is 1. The first kappa shape index (κ1) is 13.7. The Morgan fingerprint density at radius 3 is 2.59 bits per heavy atom. The van der Waals surface area contributed by atoms with E-state index in [0.717, 1.165) is 4.88 Å². The molecule has 1 aromatic rings. The van der Waals surface area contributed by atoms with Crippen LogP contribution in [0.1, 0.15) is 15.9 Å². The second kappa shape index (κ2) is 6.36. The van der Waals surface area contributed by atoms with Crippen molar-refractivity contribution in [3.05, 3.63) is 21.9 Å². The van der Waals surface area contributed by atoms with Crippen molar-refractivity contribution in [2.45, 2.75) is 13.0 Å². The zero-order chi connectivity index (χ0) is 12.8. The smallest absolute Gasteiger partial charge is 0.309 e. The molecule has 6 heteroatoms.